The van der Waals surface area contributed by atoms with Crippen molar-refractivity contribution in [3.05, 3.63) is 107 Å². The van der Waals surface area contributed by atoms with Crippen molar-refractivity contribution in [3.63, 3.8) is 0 Å². The zero-order valence-corrected chi connectivity index (χ0v) is 38.0. The summed E-state index contributed by atoms with van der Waals surface area (Å²) < 4.78 is 0. The largest absolute Gasteiger partial charge is 0.508 e. The summed E-state index contributed by atoms with van der Waals surface area (Å²) in [6.07, 6.45) is 20.8. The molecule has 0 fully saturated rings. The standard InChI is InChI=1S/C26H34O4S.C26H36O2S/c1-26(19-11-13-20(27)14-12-19)18-31-24-17-21(28)15-16-22(24)23(26)9-7-5-3-2-4-6-8-10-25(29)30;1-3-4-5-6-7-8-9-10-11-24-23-17-16-22(28)18-25(23)29-19-26(24,2)20-12-14-21(27)15-13-20/h11-17,23,27-28H,2-10,18H2,1H3,(H,29,30);12-18,24,27-28H,3-11,19H2,1-2H3. The number of phenols is 4. The molecule has 0 radical (unpaired) electrons. The molecule has 326 valence electrons. The zero-order valence-electron chi connectivity index (χ0n) is 36.3. The number of carboxylic acids is 1. The maximum absolute atomic E-state index is 10.6. The summed E-state index contributed by atoms with van der Waals surface area (Å²) in [5.41, 5.74) is 5.24. The lowest BCUT2D eigenvalue weighted by atomic mass is 9.68. The number of hydrogen-bond donors (Lipinski definition) is 5. The molecule has 60 heavy (non-hydrogen) atoms. The van der Waals surface area contributed by atoms with Crippen LogP contribution in [0.15, 0.2) is 94.7 Å². The molecule has 0 spiro atoms. The summed E-state index contributed by atoms with van der Waals surface area (Å²) in [6.45, 7) is 6.97. The SMILES string of the molecule is CC1(c2ccc(O)cc2)CSc2cc(O)ccc2C1CCCCCCCCCC(=O)O.CCCCCCCCCCC1c2ccc(O)cc2SCC1(C)c1ccc(O)cc1. The van der Waals surface area contributed by atoms with Crippen molar-refractivity contribution >= 4 is 29.5 Å². The first-order chi connectivity index (χ1) is 28.9. The number of hydrogen-bond acceptors (Lipinski definition) is 7. The Morgan fingerprint density at radius 3 is 1.25 bits per heavy atom. The molecule has 4 aromatic rings. The quantitative estimate of drug-likeness (QED) is 0.0526. The number of rotatable bonds is 21. The van der Waals surface area contributed by atoms with Gasteiger partial charge in [-0.25, -0.2) is 0 Å². The van der Waals surface area contributed by atoms with Gasteiger partial charge in [0.2, 0.25) is 0 Å². The first-order valence-electron chi connectivity index (χ1n) is 22.7. The van der Waals surface area contributed by atoms with E-state index in [0.29, 0.717) is 34.8 Å². The molecule has 0 amide bonds. The van der Waals surface area contributed by atoms with Crippen LogP contribution in [-0.4, -0.2) is 43.0 Å². The number of fused-ring (bicyclic) bond motifs is 2. The van der Waals surface area contributed by atoms with Gasteiger partial charge in [-0.15, -0.1) is 23.5 Å². The van der Waals surface area contributed by atoms with Crippen LogP contribution in [-0.2, 0) is 15.6 Å². The summed E-state index contributed by atoms with van der Waals surface area (Å²) in [7, 11) is 0. The fraction of sp³-hybridized carbons (Fsp3) is 0.519. The Balaban J connectivity index is 0.000000228. The minimum absolute atomic E-state index is 0.0286. The number of benzene rings is 4. The first-order valence-corrected chi connectivity index (χ1v) is 24.6. The molecule has 0 saturated heterocycles. The predicted molar refractivity (Wildman–Crippen MR) is 250 cm³/mol. The molecule has 0 bridgehead atoms. The second kappa shape index (κ2) is 23.5. The number of carbonyl (C=O) groups is 1. The molecule has 0 aliphatic carbocycles. The monoisotopic (exact) mass is 854 g/mol. The second-order valence-electron chi connectivity index (χ2n) is 17.7. The average molecular weight is 855 g/mol. The molecule has 2 aliphatic rings. The highest BCUT2D eigenvalue weighted by molar-refractivity contribution is 7.99. The molecule has 0 saturated carbocycles. The van der Waals surface area contributed by atoms with Gasteiger partial charge in [-0.1, -0.05) is 147 Å². The third kappa shape index (κ3) is 13.1. The van der Waals surface area contributed by atoms with Crippen molar-refractivity contribution in [3.8, 4) is 23.0 Å². The highest BCUT2D eigenvalue weighted by Crippen LogP contribution is 2.54. The summed E-state index contributed by atoms with van der Waals surface area (Å²) in [5.74, 6) is 3.34. The Morgan fingerprint density at radius 1 is 0.517 bits per heavy atom. The van der Waals surface area contributed by atoms with Crippen LogP contribution >= 0.6 is 23.5 Å². The third-order valence-electron chi connectivity index (χ3n) is 13.1. The minimum Gasteiger partial charge on any atom is -0.508 e. The molecular formula is C52H70O6S2. The molecule has 5 N–H and O–H groups in total. The molecule has 8 heteroatoms. The van der Waals surface area contributed by atoms with E-state index in [1.807, 2.05) is 54.2 Å². The van der Waals surface area contributed by atoms with Crippen LogP contribution in [0.4, 0.5) is 0 Å². The lowest BCUT2D eigenvalue weighted by Gasteiger charge is -2.43. The molecule has 0 aromatic heterocycles. The minimum atomic E-state index is -0.698. The van der Waals surface area contributed by atoms with Gasteiger partial charge in [0.1, 0.15) is 23.0 Å². The Kier molecular flexibility index (Phi) is 18.5. The Morgan fingerprint density at radius 2 is 0.867 bits per heavy atom. The summed E-state index contributed by atoms with van der Waals surface area (Å²) in [4.78, 5) is 13.0. The van der Waals surface area contributed by atoms with Crippen molar-refractivity contribution in [2.75, 3.05) is 11.5 Å². The van der Waals surface area contributed by atoms with E-state index in [9.17, 15) is 25.2 Å². The number of phenolic OH excluding ortho intramolecular Hbond substituents is 4. The van der Waals surface area contributed by atoms with Gasteiger partial charge in [0.25, 0.3) is 0 Å². The highest BCUT2D eigenvalue weighted by Gasteiger charge is 2.42. The Bertz CT molecular complexity index is 1910. The average Bonchev–Trinajstić information content (AvgIpc) is 3.23. The van der Waals surface area contributed by atoms with Crippen molar-refractivity contribution in [2.24, 2.45) is 0 Å². The van der Waals surface area contributed by atoms with Gasteiger partial charge in [-0.3, -0.25) is 4.79 Å². The van der Waals surface area contributed by atoms with E-state index < -0.39 is 5.97 Å². The Labute approximate surface area is 368 Å². The van der Waals surface area contributed by atoms with Gasteiger partial charge in [-0.2, -0.15) is 0 Å². The van der Waals surface area contributed by atoms with Crippen LogP contribution < -0.4 is 0 Å². The number of unbranched alkanes of at least 4 members (excludes halogenated alkanes) is 13. The molecule has 4 unspecified atom stereocenters. The lowest BCUT2D eigenvalue weighted by Crippen LogP contribution is -2.36. The maximum Gasteiger partial charge on any atom is 0.303 e. The van der Waals surface area contributed by atoms with Gasteiger partial charge < -0.3 is 25.5 Å². The molecule has 6 rings (SSSR count). The number of thioether (sulfide) groups is 2. The maximum atomic E-state index is 10.6. The van der Waals surface area contributed by atoms with Crippen molar-refractivity contribution in [1.82, 2.24) is 0 Å². The van der Waals surface area contributed by atoms with E-state index in [4.69, 9.17) is 5.11 Å². The third-order valence-corrected chi connectivity index (χ3v) is 15.9. The molecular weight excluding hydrogens is 785 g/mol. The van der Waals surface area contributed by atoms with Gasteiger partial charge in [0.05, 0.1) is 0 Å². The van der Waals surface area contributed by atoms with E-state index in [-0.39, 0.29) is 17.3 Å². The zero-order chi connectivity index (χ0) is 43.0. The number of aliphatic carboxylic acids is 1. The molecule has 2 heterocycles. The smallest absolute Gasteiger partial charge is 0.303 e. The van der Waals surface area contributed by atoms with Gasteiger partial charge in [0, 0.05) is 38.5 Å². The van der Waals surface area contributed by atoms with Crippen LogP contribution in [0.3, 0.4) is 0 Å². The predicted octanol–water partition coefficient (Wildman–Crippen LogP) is 14.6. The van der Waals surface area contributed by atoms with Crippen LogP contribution in [0, 0.1) is 0 Å². The summed E-state index contributed by atoms with van der Waals surface area (Å²) in [6, 6.07) is 27.1. The van der Waals surface area contributed by atoms with Crippen molar-refractivity contribution in [2.45, 2.75) is 169 Å². The normalized spacial score (nSPS) is 20.7. The Hall–Kier alpha value is -3.75. The molecule has 6 nitrogen and oxygen atoms in total. The fourth-order valence-corrected chi connectivity index (χ4v) is 12.2. The van der Waals surface area contributed by atoms with Crippen molar-refractivity contribution < 1.29 is 30.3 Å². The van der Waals surface area contributed by atoms with Crippen LogP contribution in [0.1, 0.15) is 170 Å². The number of aromatic hydroxyl groups is 4. The van der Waals surface area contributed by atoms with Gasteiger partial charge in [-0.05, 0) is 102 Å². The molecule has 2 aliphatic heterocycles. The molecule has 4 atom stereocenters. The summed E-state index contributed by atoms with van der Waals surface area (Å²) >= 11 is 3.65. The van der Waals surface area contributed by atoms with Crippen molar-refractivity contribution in [1.29, 1.82) is 0 Å². The van der Waals surface area contributed by atoms with E-state index in [0.717, 1.165) is 43.6 Å². The van der Waals surface area contributed by atoms with E-state index in [2.05, 4.69) is 45.0 Å². The topological polar surface area (TPSA) is 118 Å². The van der Waals surface area contributed by atoms with Crippen LogP contribution in [0.5, 0.6) is 23.0 Å². The fourth-order valence-electron chi connectivity index (χ4n) is 9.41. The highest BCUT2D eigenvalue weighted by atomic mass is 32.2. The van der Waals surface area contributed by atoms with Gasteiger partial charge in [0.15, 0.2) is 0 Å². The van der Waals surface area contributed by atoms with E-state index >= 15 is 0 Å². The van der Waals surface area contributed by atoms with E-state index in [1.165, 1.54) is 109 Å². The van der Waals surface area contributed by atoms with E-state index in [1.54, 1.807) is 30.0 Å². The van der Waals surface area contributed by atoms with Crippen LogP contribution in [0.2, 0.25) is 0 Å². The molecule has 4 aromatic carbocycles. The van der Waals surface area contributed by atoms with Crippen LogP contribution in [0.25, 0.3) is 0 Å². The number of carboxylic acid groups (broad SMARTS) is 1. The first kappa shape index (κ1) is 47.3. The second-order valence-corrected chi connectivity index (χ2v) is 19.8. The lowest BCUT2D eigenvalue weighted by molar-refractivity contribution is -0.137. The van der Waals surface area contributed by atoms with Gasteiger partial charge >= 0.3 is 5.97 Å². The summed E-state index contributed by atoms with van der Waals surface area (Å²) in [5, 5.41) is 48.1.